The highest BCUT2D eigenvalue weighted by Crippen LogP contribution is 2.28. The van der Waals surface area contributed by atoms with Gasteiger partial charge in [0.15, 0.2) is 0 Å². The van der Waals surface area contributed by atoms with Gasteiger partial charge in [0.2, 0.25) is 0 Å². The molecule has 0 aliphatic carbocycles. The van der Waals surface area contributed by atoms with E-state index in [4.69, 9.17) is 0 Å². The van der Waals surface area contributed by atoms with Crippen LogP contribution in [0.2, 0.25) is 0 Å². The number of aryl methyl sites for hydroxylation is 1. The predicted octanol–water partition coefficient (Wildman–Crippen LogP) is 2.97. The third kappa shape index (κ3) is 1.91. The molecule has 1 aromatic carbocycles. The van der Waals surface area contributed by atoms with Crippen LogP contribution < -0.4 is 0 Å². The number of pyridine rings is 1. The van der Waals surface area contributed by atoms with Crippen molar-refractivity contribution in [3.63, 3.8) is 0 Å². The lowest BCUT2D eigenvalue weighted by Gasteiger charge is -2.02. The zero-order chi connectivity index (χ0) is 11.5. The van der Waals surface area contributed by atoms with Gasteiger partial charge in [0.25, 0.3) is 5.69 Å². The van der Waals surface area contributed by atoms with Crippen molar-refractivity contribution in [2.24, 2.45) is 0 Å². The first-order chi connectivity index (χ1) is 7.68. The normalized spacial score (nSPS) is 10.1. The van der Waals surface area contributed by atoms with Gasteiger partial charge in [0.1, 0.15) is 0 Å². The Kier molecular flexibility index (Phi) is 2.64. The van der Waals surface area contributed by atoms with Crippen LogP contribution in [0, 0.1) is 17.0 Å². The first-order valence-corrected chi connectivity index (χ1v) is 4.85. The van der Waals surface area contributed by atoms with Crippen LogP contribution >= 0.6 is 0 Å². The summed E-state index contributed by atoms with van der Waals surface area (Å²) in [6.07, 6.45) is 1.62. The van der Waals surface area contributed by atoms with Gasteiger partial charge in [-0.2, -0.15) is 0 Å². The second-order valence-corrected chi connectivity index (χ2v) is 3.49. The second kappa shape index (κ2) is 4.10. The smallest absolute Gasteiger partial charge is 0.258 e. The Morgan fingerprint density at radius 3 is 2.69 bits per heavy atom. The molecular formula is C12H10N2O2. The molecule has 16 heavy (non-hydrogen) atoms. The minimum Gasteiger partial charge on any atom is -0.258 e. The molecule has 0 radical (unpaired) electrons. The van der Waals surface area contributed by atoms with E-state index in [1.165, 1.54) is 0 Å². The molecule has 2 rings (SSSR count). The second-order valence-electron chi connectivity index (χ2n) is 3.49. The van der Waals surface area contributed by atoms with E-state index >= 15 is 0 Å². The van der Waals surface area contributed by atoms with Crippen molar-refractivity contribution in [1.29, 1.82) is 0 Å². The summed E-state index contributed by atoms with van der Waals surface area (Å²) in [6, 6.07) is 10.5. The first-order valence-electron chi connectivity index (χ1n) is 4.85. The summed E-state index contributed by atoms with van der Waals surface area (Å²) in [7, 11) is 0. The Hall–Kier alpha value is -2.23. The lowest BCUT2D eigenvalue weighted by molar-refractivity contribution is -0.384. The molecule has 0 aliphatic rings. The van der Waals surface area contributed by atoms with Gasteiger partial charge in [-0.1, -0.05) is 12.1 Å². The Labute approximate surface area is 92.7 Å². The largest absolute Gasteiger partial charge is 0.279 e. The zero-order valence-corrected chi connectivity index (χ0v) is 8.75. The van der Waals surface area contributed by atoms with Gasteiger partial charge in [0, 0.05) is 12.3 Å². The summed E-state index contributed by atoms with van der Waals surface area (Å²) >= 11 is 0. The molecule has 0 saturated heterocycles. The van der Waals surface area contributed by atoms with Crippen molar-refractivity contribution in [2.45, 2.75) is 6.92 Å². The molecule has 0 bridgehead atoms. The van der Waals surface area contributed by atoms with Crippen molar-refractivity contribution in [3.8, 4) is 11.3 Å². The SMILES string of the molecule is Cc1ccc(-c2ccccn2)c([N+](=O)[O-])c1. The van der Waals surface area contributed by atoms with Crippen molar-refractivity contribution in [2.75, 3.05) is 0 Å². The predicted molar refractivity (Wildman–Crippen MR) is 61.1 cm³/mol. The fourth-order valence-electron chi connectivity index (χ4n) is 1.53. The molecule has 0 atom stereocenters. The maximum Gasteiger partial charge on any atom is 0.279 e. The molecule has 1 aromatic heterocycles. The van der Waals surface area contributed by atoms with Gasteiger partial charge >= 0.3 is 0 Å². The Balaban J connectivity index is 2.61. The highest BCUT2D eigenvalue weighted by atomic mass is 16.6. The van der Waals surface area contributed by atoms with E-state index in [9.17, 15) is 10.1 Å². The number of benzene rings is 1. The molecule has 2 aromatic rings. The van der Waals surface area contributed by atoms with Crippen LogP contribution in [0.5, 0.6) is 0 Å². The third-order valence-corrected chi connectivity index (χ3v) is 2.29. The van der Waals surface area contributed by atoms with Crippen LogP contribution in [0.15, 0.2) is 42.6 Å². The number of nitro groups is 1. The molecule has 80 valence electrons. The standard InChI is InChI=1S/C12H10N2O2/c1-9-5-6-10(12(8-9)14(15)16)11-4-2-3-7-13-11/h2-8H,1H3. The number of nitro benzene ring substituents is 1. The fourth-order valence-corrected chi connectivity index (χ4v) is 1.53. The minimum absolute atomic E-state index is 0.0960. The van der Waals surface area contributed by atoms with E-state index in [1.807, 2.05) is 19.1 Å². The van der Waals surface area contributed by atoms with Gasteiger partial charge in [-0.05, 0) is 30.7 Å². The van der Waals surface area contributed by atoms with E-state index in [0.29, 0.717) is 11.3 Å². The van der Waals surface area contributed by atoms with Crippen LogP contribution in [0.3, 0.4) is 0 Å². The zero-order valence-electron chi connectivity index (χ0n) is 8.75. The number of hydrogen-bond donors (Lipinski definition) is 0. The molecule has 0 N–H and O–H groups in total. The van der Waals surface area contributed by atoms with E-state index < -0.39 is 0 Å². The van der Waals surface area contributed by atoms with Crippen LogP contribution in [-0.4, -0.2) is 9.91 Å². The summed E-state index contributed by atoms with van der Waals surface area (Å²) in [4.78, 5) is 14.7. The van der Waals surface area contributed by atoms with Crippen molar-refractivity contribution < 1.29 is 4.92 Å². The van der Waals surface area contributed by atoms with Crippen LogP contribution in [0.1, 0.15) is 5.56 Å². The summed E-state index contributed by atoms with van der Waals surface area (Å²) in [6.45, 7) is 1.83. The molecule has 4 nitrogen and oxygen atoms in total. The maximum absolute atomic E-state index is 10.9. The van der Waals surface area contributed by atoms with Gasteiger partial charge < -0.3 is 0 Å². The van der Waals surface area contributed by atoms with Gasteiger partial charge in [-0.25, -0.2) is 0 Å². The summed E-state index contributed by atoms with van der Waals surface area (Å²) in [5, 5.41) is 10.9. The average Bonchev–Trinajstić information content (AvgIpc) is 2.30. The van der Waals surface area contributed by atoms with E-state index in [1.54, 1.807) is 30.5 Å². The van der Waals surface area contributed by atoms with Crippen molar-refractivity contribution >= 4 is 5.69 Å². The Morgan fingerprint density at radius 1 is 1.25 bits per heavy atom. The number of aromatic nitrogens is 1. The average molecular weight is 214 g/mol. The number of nitrogens with zero attached hydrogens (tertiary/aromatic N) is 2. The van der Waals surface area contributed by atoms with Crippen LogP contribution in [0.25, 0.3) is 11.3 Å². The Morgan fingerprint density at radius 2 is 2.06 bits per heavy atom. The fraction of sp³-hybridized carbons (Fsp3) is 0.0833. The lowest BCUT2D eigenvalue weighted by atomic mass is 10.1. The van der Waals surface area contributed by atoms with Crippen molar-refractivity contribution in [1.82, 2.24) is 4.98 Å². The highest BCUT2D eigenvalue weighted by Gasteiger charge is 2.15. The molecule has 0 amide bonds. The summed E-state index contributed by atoms with van der Waals surface area (Å²) in [5.74, 6) is 0. The van der Waals surface area contributed by atoms with Gasteiger partial charge in [-0.3, -0.25) is 15.1 Å². The first kappa shape index (κ1) is 10.3. The third-order valence-electron chi connectivity index (χ3n) is 2.29. The molecule has 0 aliphatic heterocycles. The molecule has 4 heteroatoms. The van der Waals surface area contributed by atoms with Gasteiger partial charge in [0.05, 0.1) is 16.2 Å². The molecule has 0 saturated carbocycles. The number of rotatable bonds is 2. The molecule has 1 heterocycles. The van der Waals surface area contributed by atoms with Crippen molar-refractivity contribution in [3.05, 3.63) is 58.3 Å². The van der Waals surface area contributed by atoms with E-state index in [2.05, 4.69) is 4.98 Å². The van der Waals surface area contributed by atoms with E-state index in [0.717, 1.165) is 5.56 Å². The molecule has 0 fully saturated rings. The minimum atomic E-state index is -0.378. The monoisotopic (exact) mass is 214 g/mol. The van der Waals surface area contributed by atoms with Gasteiger partial charge in [-0.15, -0.1) is 0 Å². The van der Waals surface area contributed by atoms with Crippen LogP contribution in [-0.2, 0) is 0 Å². The molecule has 0 spiro atoms. The van der Waals surface area contributed by atoms with E-state index in [-0.39, 0.29) is 10.6 Å². The molecule has 0 unspecified atom stereocenters. The summed E-state index contributed by atoms with van der Waals surface area (Å²) < 4.78 is 0. The summed E-state index contributed by atoms with van der Waals surface area (Å²) in [5.41, 5.74) is 2.13. The highest BCUT2D eigenvalue weighted by molar-refractivity contribution is 5.70. The number of hydrogen-bond acceptors (Lipinski definition) is 3. The topological polar surface area (TPSA) is 56.0 Å². The maximum atomic E-state index is 10.9. The molecular weight excluding hydrogens is 204 g/mol. The quantitative estimate of drug-likeness (QED) is 0.570. The lowest BCUT2D eigenvalue weighted by Crippen LogP contribution is -1.93. The Bertz CT molecular complexity index is 524. The van der Waals surface area contributed by atoms with Crippen LogP contribution in [0.4, 0.5) is 5.69 Å².